The summed E-state index contributed by atoms with van der Waals surface area (Å²) in [4.78, 5) is -0.636. The number of benzene rings is 1. The van der Waals surface area contributed by atoms with Gasteiger partial charge in [0.25, 0.3) is 20.2 Å². The molecule has 8 nitrogen and oxygen atoms in total. The summed E-state index contributed by atoms with van der Waals surface area (Å²) in [6, 6.07) is 5.68. The van der Waals surface area contributed by atoms with Crippen molar-refractivity contribution in [2.24, 2.45) is 17.4 Å². The van der Waals surface area contributed by atoms with Gasteiger partial charge in [0.2, 0.25) is 0 Å². The number of hydrogen-bond donors (Lipinski definition) is 4. The van der Waals surface area contributed by atoms with E-state index in [9.17, 15) is 25.9 Å². The van der Waals surface area contributed by atoms with Gasteiger partial charge < -0.3 is 11.5 Å². The maximum absolute atomic E-state index is 12.1. The number of rotatable bonds is 7. The fourth-order valence-electron chi connectivity index (χ4n) is 3.15. The Labute approximate surface area is 165 Å². The van der Waals surface area contributed by atoms with Crippen LogP contribution in [0, 0.1) is 5.92 Å². The SMILES string of the molecule is CCCCC1C(S(=O)(=O)O)=C(C=Cc2ccccc2S(=O)(=O)O)C=CC1(N)N. The van der Waals surface area contributed by atoms with Gasteiger partial charge in [0.05, 0.1) is 10.6 Å². The molecule has 1 unspecified atom stereocenters. The van der Waals surface area contributed by atoms with Gasteiger partial charge >= 0.3 is 0 Å². The third kappa shape index (κ3) is 5.16. The summed E-state index contributed by atoms with van der Waals surface area (Å²) in [6.07, 6.45) is 7.29. The maximum atomic E-state index is 12.1. The minimum absolute atomic E-state index is 0.139. The van der Waals surface area contributed by atoms with Crippen LogP contribution in [-0.4, -0.2) is 31.6 Å². The van der Waals surface area contributed by atoms with Crippen LogP contribution in [0.15, 0.2) is 57.9 Å². The lowest BCUT2D eigenvalue weighted by Crippen LogP contribution is -2.56. The summed E-state index contributed by atoms with van der Waals surface area (Å²) in [5.41, 5.74) is 10.9. The highest BCUT2D eigenvalue weighted by atomic mass is 32.2. The molecule has 1 aromatic carbocycles. The molecule has 0 fully saturated rings. The molecular weight excluding hydrogens is 404 g/mol. The molecule has 1 aromatic rings. The second-order valence-electron chi connectivity index (χ2n) is 6.67. The van der Waals surface area contributed by atoms with Crippen LogP contribution in [0.25, 0.3) is 6.08 Å². The van der Waals surface area contributed by atoms with Crippen molar-refractivity contribution in [3.8, 4) is 0 Å². The van der Waals surface area contributed by atoms with Gasteiger partial charge in [0.15, 0.2) is 0 Å². The monoisotopic (exact) mass is 428 g/mol. The summed E-state index contributed by atoms with van der Waals surface area (Å²) in [5, 5.41) is 0. The van der Waals surface area contributed by atoms with E-state index in [1.165, 1.54) is 42.5 Å². The predicted octanol–water partition coefficient (Wildman–Crippen LogP) is 2.08. The fraction of sp³-hybridized carbons (Fsp3) is 0.333. The van der Waals surface area contributed by atoms with Gasteiger partial charge in [-0.3, -0.25) is 9.11 Å². The van der Waals surface area contributed by atoms with E-state index >= 15 is 0 Å². The molecule has 0 aliphatic heterocycles. The van der Waals surface area contributed by atoms with Crippen molar-refractivity contribution in [2.45, 2.75) is 36.7 Å². The third-order valence-corrected chi connectivity index (χ3v) is 6.52. The van der Waals surface area contributed by atoms with Crippen molar-refractivity contribution in [3.63, 3.8) is 0 Å². The van der Waals surface area contributed by atoms with Crippen LogP contribution in [-0.2, 0) is 20.2 Å². The van der Waals surface area contributed by atoms with Crippen LogP contribution in [0.5, 0.6) is 0 Å². The quantitative estimate of drug-likeness (QED) is 0.379. The van der Waals surface area contributed by atoms with Crippen molar-refractivity contribution < 1.29 is 25.9 Å². The number of unbranched alkanes of at least 4 members (excludes halogenated alkanes) is 1. The second-order valence-corrected chi connectivity index (χ2v) is 9.45. The van der Waals surface area contributed by atoms with Crippen LogP contribution in [0.2, 0.25) is 0 Å². The topological polar surface area (TPSA) is 161 Å². The zero-order valence-electron chi connectivity index (χ0n) is 15.3. The lowest BCUT2D eigenvalue weighted by Gasteiger charge is -2.35. The maximum Gasteiger partial charge on any atom is 0.295 e. The summed E-state index contributed by atoms with van der Waals surface area (Å²) in [6.45, 7) is 1.93. The van der Waals surface area contributed by atoms with Crippen LogP contribution >= 0.6 is 0 Å². The first kappa shape index (κ1) is 22.5. The van der Waals surface area contributed by atoms with Crippen molar-refractivity contribution in [3.05, 3.63) is 58.5 Å². The minimum Gasteiger partial charge on any atom is -0.310 e. The Bertz CT molecular complexity index is 1040. The Morgan fingerprint density at radius 1 is 1.07 bits per heavy atom. The summed E-state index contributed by atoms with van der Waals surface area (Å²) >= 11 is 0. The van der Waals surface area contributed by atoms with E-state index in [0.717, 1.165) is 6.42 Å². The second kappa shape index (κ2) is 8.27. The first-order valence-electron chi connectivity index (χ1n) is 8.61. The standard InChI is InChI=1S/C18H24N2O6S2/c1-2-3-7-15-17(28(24,25)26)14(11-12-18(15,19)20)10-9-13-6-4-5-8-16(13)27(21,22)23/h4-6,8-12,15H,2-3,7,19-20H2,1H3,(H,21,22,23)(H,24,25,26). The largest absolute Gasteiger partial charge is 0.310 e. The Morgan fingerprint density at radius 2 is 1.71 bits per heavy atom. The molecule has 0 spiro atoms. The number of allylic oxidation sites excluding steroid dienone is 3. The highest BCUT2D eigenvalue weighted by Crippen LogP contribution is 2.36. The van der Waals surface area contributed by atoms with Gasteiger partial charge in [0, 0.05) is 5.92 Å². The molecule has 0 saturated carbocycles. The Morgan fingerprint density at radius 3 is 2.29 bits per heavy atom. The third-order valence-electron chi connectivity index (χ3n) is 4.52. The molecule has 2 rings (SSSR count). The van der Waals surface area contributed by atoms with Crippen molar-refractivity contribution in [2.75, 3.05) is 0 Å². The van der Waals surface area contributed by atoms with Gasteiger partial charge in [-0.05, 0) is 29.7 Å². The first-order chi connectivity index (χ1) is 12.9. The van der Waals surface area contributed by atoms with Gasteiger partial charge in [-0.2, -0.15) is 16.8 Å². The summed E-state index contributed by atoms with van der Waals surface area (Å²) < 4.78 is 66.3. The predicted molar refractivity (Wildman–Crippen MR) is 107 cm³/mol. The Kier molecular flexibility index (Phi) is 6.64. The Balaban J connectivity index is 2.60. The van der Waals surface area contributed by atoms with E-state index < -0.39 is 31.8 Å². The van der Waals surface area contributed by atoms with Crippen LogP contribution < -0.4 is 11.5 Å². The smallest absolute Gasteiger partial charge is 0.295 e. The highest BCUT2D eigenvalue weighted by Gasteiger charge is 2.40. The lowest BCUT2D eigenvalue weighted by atomic mass is 9.82. The van der Waals surface area contributed by atoms with Gasteiger partial charge in [-0.25, -0.2) is 0 Å². The molecule has 0 aromatic heterocycles. The van der Waals surface area contributed by atoms with Gasteiger partial charge in [0.1, 0.15) is 4.90 Å². The molecule has 10 heteroatoms. The Hall–Kier alpha value is -1.82. The molecule has 1 atom stereocenters. The molecule has 6 N–H and O–H groups in total. The molecule has 0 amide bonds. The number of hydrogen-bond acceptors (Lipinski definition) is 6. The normalized spacial score (nSPS) is 20.1. The average molecular weight is 429 g/mol. The van der Waals surface area contributed by atoms with Crippen molar-refractivity contribution in [1.82, 2.24) is 0 Å². The molecule has 28 heavy (non-hydrogen) atoms. The molecule has 0 radical (unpaired) electrons. The van der Waals surface area contributed by atoms with E-state index in [2.05, 4.69) is 0 Å². The lowest BCUT2D eigenvalue weighted by molar-refractivity contribution is 0.355. The van der Waals surface area contributed by atoms with E-state index in [4.69, 9.17) is 11.5 Å². The van der Waals surface area contributed by atoms with Crippen LogP contribution in [0.1, 0.15) is 31.7 Å². The zero-order chi connectivity index (χ0) is 21.2. The fourth-order valence-corrected chi connectivity index (χ4v) is 4.95. The first-order valence-corrected chi connectivity index (χ1v) is 11.5. The van der Waals surface area contributed by atoms with Gasteiger partial charge in [-0.15, -0.1) is 0 Å². The van der Waals surface area contributed by atoms with Crippen LogP contribution in [0.4, 0.5) is 0 Å². The zero-order valence-corrected chi connectivity index (χ0v) is 16.9. The van der Waals surface area contributed by atoms with E-state index in [0.29, 0.717) is 12.8 Å². The molecule has 0 bridgehead atoms. The molecule has 1 aliphatic carbocycles. The highest BCUT2D eigenvalue weighted by molar-refractivity contribution is 7.89. The van der Waals surface area contributed by atoms with E-state index in [-0.39, 0.29) is 20.9 Å². The van der Waals surface area contributed by atoms with Crippen molar-refractivity contribution in [1.29, 1.82) is 0 Å². The summed E-state index contributed by atoms with van der Waals surface area (Å²) in [5.74, 6) is -0.844. The molecular formula is C18H24N2O6S2. The van der Waals surface area contributed by atoms with Crippen LogP contribution in [0.3, 0.4) is 0 Å². The average Bonchev–Trinajstić information content (AvgIpc) is 2.57. The van der Waals surface area contributed by atoms with Gasteiger partial charge in [-0.1, -0.05) is 56.2 Å². The van der Waals surface area contributed by atoms with E-state index in [1.54, 1.807) is 6.07 Å². The number of nitrogens with two attached hydrogens (primary N) is 2. The van der Waals surface area contributed by atoms with Crippen molar-refractivity contribution >= 4 is 26.3 Å². The van der Waals surface area contributed by atoms with E-state index in [1.807, 2.05) is 6.92 Å². The summed E-state index contributed by atoms with van der Waals surface area (Å²) in [7, 11) is -9.08. The molecule has 0 heterocycles. The molecule has 0 saturated heterocycles. The molecule has 1 aliphatic rings. The minimum atomic E-state index is -4.62. The molecule has 154 valence electrons.